The zero-order valence-electron chi connectivity index (χ0n) is 10.2. The normalized spacial score (nSPS) is 10.3. The number of aromatic nitrogens is 3. The fraction of sp³-hybridized carbons (Fsp3) is 0.308. The SMILES string of the molecule is CCCc1cc(NCc2cccnc2)nc(Cl)n1. The second-order valence-corrected chi connectivity index (χ2v) is 4.32. The molecule has 2 aromatic heterocycles. The van der Waals surface area contributed by atoms with E-state index in [9.17, 15) is 0 Å². The van der Waals surface area contributed by atoms with Crippen LogP contribution < -0.4 is 5.32 Å². The summed E-state index contributed by atoms with van der Waals surface area (Å²) in [7, 11) is 0. The lowest BCUT2D eigenvalue weighted by molar-refractivity contribution is 0.871. The third-order valence-corrected chi connectivity index (χ3v) is 2.62. The maximum absolute atomic E-state index is 5.89. The van der Waals surface area contributed by atoms with E-state index < -0.39 is 0 Å². The molecule has 0 spiro atoms. The molecule has 0 aromatic carbocycles. The molecule has 0 unspecified atom stereocenters. The van der Waals surface area contributed by atoms with Gasteiger partial charge in [0.15, 0.2) is 0 Å². The van der Waals surface area contributed by atoms with E-state index in [0.29, 0.717) is 6.54 Å². The van der Waals surface area contributed by atoms with Crippen molar-refractivity contribution in [2.45, 2.75) is 26.3 Å². The highest BCUT2D eigenvalue weighted by molar-refractivity contribution is 6.28. The van der Waals surface area contributed by atoms with Crippen molar-refractivity contribution in [2.75, 3.05) is 5.32 Å². The highest BCUT2D eigenvalue weighted by Gasteiger charge is 2.02. The van der Waals surface area contributed by atoms with E-state index in [1.165, 1.54) is 0 Å². The van der Waals surface area contributed by atoms with Crippen LogP contribution in [-0.2, 0) is 13.0 Å². The first-order valence-corrected chi connectivity index (χ1v) is 6.32. The second-order valence-electron chi connectivity index (χ2n) is 3.98. The summed E-state index contributed by atoms with van der Waals surface area (Å²) in [4.78, 5) is 12.4. The van der Waals surface area contributed by atoms with Crippen LogP contribution in [0.2, 0.25) is 5.28 Å². The molecule has 2 aromatic rings. The van der Waals surface area contributed by atoms with Gasteiger partial charge in [-0.15, -0.1) is 0 Å². The average Bonchev–Trinajstić information content (AvgIpc) is 2.37. The van der Waals surface area contributed by atoms with Crippen molar-refractivity contribution in [3.63, 3.8) is 0 Å². The quantitative estimate of drug-likeness (QED) is 0.842. The van der Waals surface area contributed by atoms with Crippen LogP contribution in [0.1, 0.15) is 24.6 Å². The van der Waals surface area contributed by atoms with Crippen molar-refractivity contribution in [3.05, 3.63) is 47.1 Å². The van der Waals surface area contributed by atoms with Gasteiger partial charge in [0.25, 0.3) is 0 Å². The smallest absolute Gasteiger partial charge is 0.224 e. The minimum atomic E-state index is 0.287. The van der Waals surface area contributed by atoms with Crippen LogP contribution in [0.25, 0.3) is 0 Å². The van der Waals surface area contributed by atoms with Gasteiger partial charge in [0, 0.05) is 30.7 Å². The van der Waals surface area contributed by atoms with E-state index in [0.717, 1.165) is 29.9 Å². The Hall–Kier alpha value is -1.68. The van der Waals surface area contributed by atoms with Crippen LogP contribution >= 0.6 is 11.6 Å². The van der Waals surface area contributed by atoms with E-state index in [1.807, 2.05) is 24.4 Å². The molecule has 2 rings (SSSR count). The molecule has 0 bridgehead atoms. The second kappa shape index (κ2) is 6.31. The lowest BCUT2D eigenvalue weighted by Gasteiger charge is -2.07. The number of nitrogens with one attached hydrogen (secondary N) is 1. The molecule has 0 aliphatic carbocycles. The highest BCUT2D eigenvalue weighted by atomic mass is 35.5. The van der Waals surface area contributed by atoms with Gasteiger partial charge >= 0.3 is 0 Å². The number of halogens is 1. The summed E-state index contributed by atoms with van der Waals surface area (Å²) in [6, 6.07) is 5.86. The summed E-state index contributed by atoms with van der Waals surface area (Å²) in [5.74, 6) is 0.752. The predicted octanol–water partition coefficient (Wildman–Crippen LogP) is 3.09. The molecule has 0 saturated heterocycles. The van der Waals surface area contributed by atoms with Gasteiger partial charge in [-0.3, -0.25) is 4.98 Å². The Morgan fingerprint density at radius 1 is 1.33 bits per heavy atom. The molecule has 0 fully saturated rings. The van der Waals surface area contributed by atoms with Crippen molar-refractivity contribution >= 4 is 17.4 Å². The fourth-order valence-corrected chi connectivity index (χ4v) is 1.83. The topological polar surface area (TPSA) is 50.7 Å². The van der Waals surface area contributed by atoms with Crippen molar-refractivity contribution in [2.24, 2.45) is 0 Å². The van der Waals surface area contributed by atoms with Crippen molar-refractivity contribution in [1.29, 1.82) is 0 Å². The van der Waals surface area contributed by atoms with Gasteiger partial charge in [0.1, 0.15) is 5.82 Å². The molecule has 0 saturated carbocycles. The van der Waals surface area contributed by atoms with Gasteiger partial charge in [-0.05, 0) is 29.7 Å². The summed E-state index contributed by atoms with van der Waals surface area (Å²) >= 11 is 5.89. The monoisotopic (exact) mass is 262 g/mol. The van der Waals surface area contributed by atoms with Crippen LogP contribution in [0.3, 0.4) is 0 Å². The number of hydrogen-bond acceptors (Lipinski definition) is 4. The minimum absolute atomic E-state index is 0.287. The highest BCUT2D eigenvalue weighted by Crippen LogP contribution is 2.13. The van der Waals surface area contributed by atoms with E-state index in [1.54, 1.807) is 6.20 Å². The first kappa shape index (κ1) is 12.8. The van der Waals surface area contributed by atoms with Crippen LogP contribution in [0, 0.1) is 0 Å². The van der Waals surface area contributed by atoms with Crippen molar-refractivity contribution in [1.82, 2.24) is 15.0 Å². The minimum Gasteiger partial charge on any atom is -0.366 e. The van der Waals surface area contributed by atoms with Crippen LogP contribution in [0.4, 0.5) is 5.82 Å². The van der Waals surface area contributed by atoms with Crippen molar-refractivity contribution in [3.8, 4) is 0 Å². The Balaban J connectivity index is 2.05. The third kappa shape index (κ3) is 3.67. The molecule has 94 valence electrons. The summed E-state index contributed by atoms with van der Waals surface area (Å²) < 4.78 is 0. The van der Waals surface area contributed by atoms with Crippen LogP contribution in [0.5, 0.6) is 0 Å². The van der Waals surface area contributed by atoms with Crippen LogP contribution in [-0.4, -0.2) is 15.0 Å². The van der Waals surface area contributed by atoms with E-state index >= 15 is 0 Å². The molecule has 5 heteroatoms. The Morgan fingerprint density at radius 2 is 2.22 bits per heavy atom. The molecule has 0 amide bonds. The van der Waals surface area contributed by atoms with Gasteiger partial charge in [-0.25, -0.2) is 9.97 Å². The predicted molar refractivity (Wildman–Crippen MR) is 72.6 cm³/mol. The molecular weight excluding hydrogens is 248 g/mol. The molecule has 2 heterocycles. The first-order chi connectivity index (χ1) is 8.78. The van der Waals surface area contributed by atoms with Gasteiger partial charge in [-0.1, -0.05) is 19.4 Å². The number of nitrogens with zero attached hydrogens (tertiary/aromatic N) is 3. The lowest BCUT2D eigenvalue weighted by atomic mass is 10.2. The number of anilines is 1. The Bertz CT molecular complexity index is 502. The summed E-state index contributed by atoms with van der Waals surface area (Å²) in [6.45, 7) is 2.78. The molecule has 0 aliphatic heterocycles. The van der Waals surface area contributed by atoms with Crippen LogP contribution in [0.15, 0.2) is 30.6 Å². The Kier molecular flexibility index (Phi) is 4.47. The van der Waals surface area contributed by atoms with E-state index in [4.69, 9.17) is 11.6 Å². The van der Waals surface area contributed by atoms with Crippen molar-refractivity contribution < 1.29 is 0 Å². The molecule has 0 radical (unpaired) electrons. The molecular formula is C13H15ClN4. The lowest BCUT2D eigenvalue weighted by Crippen LogP contribution is -2.04. The maximum atomic E-state index is 5.89. The van der Waals surface area contributed by atoms with Gasteiger partial charge < -0.3 is 5.32 Å². The van der Waals surface area contributed by atoms with E-state index in [2.05, 4.69) is 27.2 Å². The zero-order valence-corrected chi connectivity index (χ0v) is 11.0. The fourth-order valence-electron chi connectivity index (χ4n) is 1.64. The first-order valence-electron chi connectivity index (χ1n) is 5.94. The van der Waals surface area contributed by atoms with Gasteiger partial charge in [-0.2, -0.15) is 0 Å². The van der Waals surface area contributed by atoms with Gasteiger partial charge in [0.2, 0.25) is 5.28 Å². The molecule has 0 aliphatic rings. The zero-order chi connectivity index (χ0) is 12.8. The molecule has 4 nitrogen and oxygen atoms in total. The third-order valence-electron chi connectivity index (χ3n) is 2.45. The number of hydrogen-bond donors (Lipinski definition) is 1. The molecule has 18 heavy (non-hydrogen) atoms. The van der Waals surface area contributed by atoms with E-state index in [-0.39, 0.29) is 5.28 Å². The maximum Gasteiger partial charge on any atom is 0.224 e. The molecule has 0 atom stereocenters. The number of aryl methyl sites for hydroxylation is 1. The Morgan fingerprint density at radius 3 is 2.94 bits per heavy atom. The largest absolute Gasteiger partial charge is 0.366 e. The summed E-state index contributed by atoms with van der Waals surface area (Å²) in [5.41, 5.74) is 2.07. The standard InChI is InChI=1S/C13H15ClN4/c1-2-4-11-7-12(18-13(14)17-11)16-9-10-5-3-6-15-8-10/h3,5-8H,2,4,9H2,1H3,(H,16,17,18). The molecule has 1 N–H and O–H groups in total. The Labute approximate surface area is 111 Å². The van der Waals surface area contributed by atoms with Gasteiger partial charge in [0.05, 0.1) is 0 Å². The average molecular weight is 263 g/mol. The summed E-state index contributed by atoms with van der Waals surface area (Å²) in [6.07, 6.45) is 5.52. The number of rotatable bonds is 5. The number of pyridine rings is 1. The summed E-state index contributed by atoms with van der Waals surface area (Å²) in [5, 5.41) is 3.51.